The standard InChI is InChI=1S/C19H18ClNO4S/c20-17-3-1-2-15(14-17)4-9-19(22)16-5-7-18(8-6-16)26(23,24)21-10-12-25-13-11-21/h1-9,14H,10-13H2/b9-4+. The largest absolute Gasteiger partial charge is 0.379 e. The molecule has 0 aliphatic carbocycles. The maximum Gasteiger partial charge on any atom is 0.243 e. The van der Waals surface area contributed by atoms with Crippen molar-refractivity contribution in [2.24, 2.45) is 0 Å². The number of sulfonamides is 1. The van der Waals surface area contributed by atoms with E-state index in [4.69, 9.17) is 16.3 Å². The molecule has 0 radical (unpaired) electrons. The van der Waals surface area contributed by atoms with Gasteiger partial charge in [0.1, 0.15) is 0 Å². The van der Waals surface area contributed by atoms with Crippen LogP contribution in [0.5, 0.6) is 0 Å². The number of carbonyl (C=O) groups is 1. The van der Waals surface area contributed by atoms with E-state index in [9.17, 15) is 13.2 Å². The van der Waals surface area contributed by atoms with Gasteiger partial charge >= 0.3 is 0 Å². The van der Waals surface area contributed by atoms with Crippen LogP contribution in [0.3, 0.4) is 0 Å². The van der Waals surface area contributed by atoms with Crippen LogP contribution in [0.4, 0.5) is 0 Å². The van der Waals surface area contributed by atoms with Crippen LogP contribution in [0.15, 0.2) is 59.5 Å². The maximum atomic E-state index is 12.6. The van der Waals surface area contributed by atoms with Gasteiger partial charge in [0.2, 0.25) is 10.0 Å². The van der Waals surface area contributed by atoms with Crippen molar-refractivity contribution in [1.29, 1.82) is 0 Å². The van der Waals surface area contributed by atoms with Crippen molar-refractivity contribution in [3.8, 4) is 0 Å². The number of ketones is 1. The maximum absolute atomic E-state index is 12.6. The Morgan fingerprint density at radius 3 is 2.42 bits per heavy atom. The van der Waals surface area contributed by atoms with Crippen LogP contribution in [-0.2, 0) is 14.8 Å². The molecule has 1 aliphatic rings. The second-order valence-electron chi connectivity index (χ2n) is 5.79. The number of rotatable bonds is 5. The Labute approximate surface area is 157 Å². The summed E-state index contributed by atoms with van der Waals surface area (Å²) in [6.45, 7) is 1.46. The molecule has 0 unspecified atom stereocenters. The molecule has 136 valence electrons. The van der Waals surface area contributed by atoms with Crippen molar-refractivity contribution < 1.29 is 17.9 Å². The van der Waals surface area contributed by atoms with Crippen molar-refractivity contribution in [2.75, 3.05) is 26.3 Å². The first kappa shape index (κ1) is 18.8. The van der Waals surface area contributed by atoms with Gasteiger partial charge in [-0.1, -0.05) is 29.8 Å². The van der Waals surface area contributed by atoms with Crippen molar-refractivity contribution in [1.82, 2.24) is 4.31 Å². The predicted octanol–water partition coefficient (Wildman–Crippen LogP) is 3.26. The van der Waals surface area contributed by atoms with E-state index in [1.807, 2.05) is 6.07 Å². The summed E-state index contributed by atoms with van der Waals surface area (Å²) < 4.78 is 31.7. The fourth-order valence-electron chi connectivity index (χ4n) is 2.61. The van der Waals surface area contributed by atoms with Crippen LogP contribution < -0.4 is 0 Å². The number of hydrogen-bond donors (Lipinski definition) is 0. The highest BCUT2D eigenvalue weighted by atomic mass is 35.5. The average molecular weight is 392 g/mol. The normalized spacial score (nSPS) is 16.0. The van der Waals surface area contributed by atoms with Crippen molar-refractivity contribution in [3.05, 3.63) is 70.8 Å². The first-order chi connectivity index (χ1) is 12.5. The summed E-state index contributed by atoms with van der Waals surface area (Å²) in [6, 6.07) is 13.1. The lowest BCUT2D eigenvalue weighted by atomic mass is 10.1. The Morgan fingerprint density at radius 1 is 1.08 bits per heavy atom. The lowest BCUT2D eigenvalue weighted by Crippen LogP contribution is -2.40. The Morgan fingerprint density at radius 2 is 1.77 bits per heavy atom. The van der Waals surface area contributed by atoms with Crippen molar-refractivity contribution in [2.45, 2.75) is 4.90 Å². The first-order valence-electron chi connectivity index (χ1n) is 8.13. The van der Waals surface area contributed by atoms with E-state index in [1.165, 1.54) is 34.6 Å². The van der Waals surface area contributed by atoms with Crippen molar-refractivity contribution >= 4 is 33.5 Å². The fraction of sp³-hybridized carbons (Fsp3) is 0.211. The molecule has 0 saturated carbocycles. The van der Waals surface area contributed by atoms with Gasteiger partial charge in [-0.25, -0.2) is 8.42 Å². The molecule has 26 heavy (non-hydrogen) atoms. The fourth-order valence-corrected chi connectivity index (χ4v) is 4.21. The van der Waals surface area contributed by atoms with Crippen LogP contribution in [-0.4, -0.2) is 44.8 Å². The average Bonchev–Trinajstić information content (AvgIpc) is 2.67. The van der Waals surface area contributed by atoms with Crippen LogP contribution in [0.25, 0.3) is 6.08 Å². The van der Waals surface area contributed by atoms with E-state index in [1.54, 1.807) is 24.3 Å². The van der Waals surface area contributed by atoms with Gasteiger partial charge in [0, 0.05) is 23.7 Å². The summed E-state index contributed by atoms with van der Waals surface area (Å²) in [5.41, 5.74) is 1.24. The Hall–Kier alpha value is -1.99. The van der Waals surface area contributed by atoms with Crippen LogP contribution >= 0.6 is 11.6 Å². The number of benzene rings is 2. The lowest BCUT2D eigenvalue weighted by Gasteiger charge is -2.26. The predicted molar refractivity (Wildman–Crippen MR) is 101 cm³/mol. The zero-order chi connectivity index (χ0) is 18.6. The molecule has 1 heterocycles. The zero-order valence-corrected chi connectivity index (χ0v) is 15.5. The van der Waals surface area contributed by atoms with Gasteiger partial charge in [0.25, 0.3) is 0 Å². The van der Waals surface area contributed by atoms with Gasteiger partial charge in [0.05, 0.1) is 18.1 Å². The number of carbonyl (C=O) groups excluding carboxylic acids is 1. The van der Waals surface area contributed by atoms with Crippen LogP contribution in [0.1, 0.15) is 15.9 Å². The number of nitrogens with zero attached hydrogens (tertiary/aromatic N) is 1. The lowest BCUT2D eigenvalue weighted by molar-refractivity contribution is 0.0730. The van der Waals surface area contributed by atoms with Gasteiger partial charge < -0.3 is 4.74 Å². The molecule has 2 aromatic carbocycles. The monoisotopic (exact) mass is 391 g/mol. The molecule has 1 aliphatic heterocycles. The van der Waals surface area contributed by atoms with Gasteiger partial charge in [-0.15, -0.1) is 0 Å². The van der Waals surface area contributed by atoms with Crippen molar-refractivity contribution in [3.63, 3.8) is 0 Å². The quantitative estimate of drug-likeness (QED) is 0.579. The summed E-state index contributed by atoms with van der Waals surface area (Å²) in [4.78, 5) is 12.4. The third-order valence-corrected chi connectivity index (χ3v) is 6.17. The number of ether oxygens (including phenoxy) is 1. The molecule has 3 rings (SSSR count). The van der Waals surface area contributed by atoms with Gasteiger partial charge in [-0.05, 0) is 48.0 Å². The second kappa shape index (κ2) is 8.14. The van der Waals surface area contributed by atoms with Gasteiger partial charge in [0.15, 0.2) is 5.78 Å². The molecule has 0 bridgehead atoms. The SMILES string of the molecule is O=C(/C=C/c1cccc(Cl)c1)c1ccc(S(=O)(=O)N2CCOCC2)cc1. The Bertz CT molecular complexity index is 917. The molecule has 5 nitrogen and oxygen atoms in total. The van der Waals surface area contributed by atoms with Gasteiger partial charge in [-0.2, -0.15) is 4.31 Å². The van der Waals surface area contributed by atoms with E-state index >= 15 is 0 Å². The summed E-state index contributed by atoms with van der Waals surface area (Å²) in [7, 11) is -3.56. The van der Waals surface area contributed by atoms with E-state index in [0.29, 0.717) is 36.9 Å². The third kappa shape index (κ3) is 4.40. The topological polar surface area (TPSA) is 63.7 Å². The van der Waals surface area contributed by atoms with Crippen LogP contribution in [0, 0.1) is 0 Å². The number of hydrogen-bond acceptors (Lipinski definition) is 4. The number of allylic oxidation sites excluding steroid dienone is 1. The van der Waals surface area contributed by atoms with E-state index in [2.05, 4.69) is 0 Å². The molecule has 7 heteroatoms. The molecule has 2 aromatic rings. The van der Waals surface area contributed by atoms with E-state index in [0.717, 1.165) is 5.56 Å². The van der Waals surface area contributed by atoms with Gasteiger partial charge in [-0.3, -0.25) is 4.79 Å². The molecule has 0 spiro atoms. The molecule has 0 amide bonds. The molecule has 0 aromatic heterocycles. The summed E-state index contributed by atoms with van der Waals surface area (Å²) in [5, 5.41) is 0.595. The third-order valence-electron chi connectivity index (χ3n) is 4.02. The Balaban J connectivity index is 1.73. The highest BCUT2D eigenvalue weighted by Crippen LogP contribution is 2.18. The number of morpholine rings is 1. The smallest absolute Gasteiger partial charge is 0.243 e. The molecule has 0 N–H and O–H groups in total. The summed E-state index contributed by atoms with van der Waals surface area (Å²) in [5.74, 6) is -0.208. The Kier molecular flexibility index (Phi) is 5.88. The molecule has 1 saturated heterocycles. The minimum atomic E-state index is -3.56. The second-order valence-corrected chi connectivity index (χ2v) is 8.17. The molecule has 1 fully saturated rings. The van der Waals surface area contributed by atoms with Crippen LogP contribution in [0.2, 0.25) is 5.02 Å². The molecular formula is C19H18ClNO4S. The van der Waals surface area contributed by atoms with E-state index < -0.39 is 10.0 Å². The minimum absolute atomic E-state index is 0.176. The summed E-state index contributed by atoms with van der Waals surface area (Å²) >= 11 is 5.91. The zero-order valence-electron chi connectivity index (χ0n) is 14.0. The van der Waals surface area contributed by atoms with E-state index in [-0.39, 0.29) is 10.7 Å². The summed E-state index contributed by atoms with van der Waals surface area (Å²) in [6.07, 6.45) is 3.11. The highest BCUT2D eigenvalue weighted by Gasteiger charge is 2.26. The molecule has 0 atom stereocenters. The number of halogens is 1. The minimum Gasteiger partial charge on any atom is -0.379 e. The highest BCUT2D eigenvalue weighted by molar-refractivity contribution is 7.89. The first-order valence-corrected chi connectivity index (χ1v) is 9.94. The molecular weight excluding hydrogens is 374 g/mol.